The van der Waals surface area contributed by atoms with Gasteiger partial charge >= 0.3 is 6.18 Å². The summed E-state index contributed by atoms with van der Waals surface area (Å²) >= 11 is 1.35. The Kier molecular flexibility index (Phi) is 5.83. The number of tetrazole rings is 1. The zero-order chi connectivity index (χ0) is 20.1. The molecule has 0 fully saturated rings. The van der Waals surface area contributed by atoms with Gasteiger partial charge in [0.05, 0.1) is 11.3 Å². The van der Waals surface area contributed by atoms with Crippen molar-refractivity contribution >= 4 is 23.4 Å². The van der Waals surface area contributed by atoms with E-state index in [9.17, 15) is 18.0 Å². The van der Waals surface area contributed by atoms with E-state index in [4.69, 9.17) is 4.74 Å². The lowest BCUT2D eigenvalue weighted by atomic mass is 10.2. The molecule has 0 radical (unpaired) electrons. The van der Waals surface area contributed by atoms with Crippen molar-refractivity contribution in [1.29, 1.82) is 0 Å². The van der Waals surface area contributed by atoms with Crippen LogP contribution in [-0.2, 0) is 11.0 Å². The Hall–Kier alpha value is -3.08. The Balaban J connectivity index is 1.67. The van der Waals surface area contributed by atoms with Gasteiger partial charge in [-0.1, -0.05) is 30.0 Å². The summed E-state index contributed by atoms with van der Waals surface area (Å²) in [6, 6.07) is 11.4. The summed E-state index contributed by atoms with van der Waals surface area (Å²) < 4.78 is 45.4. The molecule has 11 heteroatoms. The van der Waals surface area contributed by atoms with E-state index in [1.165, 1.54) is 34.6 Å². The van der Waals surface area contributed by atoms with Crippen LogP contribution >= 0.6 is 11.8 Å². The molecule has 0 spiro atoms. The number of ether oxygens (including phenoxy) is 1. The van der Waals surface area contributed by atoms with Crippen LogP contribution in [0.5, 0.6) is 5.75 Å². The third kappa shape index (κ3) is 4.60. The van der Waals surface area contributed by atoms with Crippen LogP contribution in [-0.4, -0.2) is 39.0 Å². The van der Waals surface area contributed by atoms with Crippen molar-refractivity contribution in [3.05, 3.63) is 54.1 Å². The van der Waals surface area contributed by atoms with Gasteiger partial charge in [-0.15, -0.1) is 5.10 Å². The molecule has 7 nitrogen and oxygen atoms in total. The van der Waals surface area contributed by atoms with Crippen LogP contribution in [0.3, 0.4) is 0 Å². The van der Waals surface area contributed by atoms with Gasteiger partial charge < -0.3 is 10.1 Å². The number of thioether (sulfide) groups is 1. The molecule has 0 saturated carbocycles. The van der Waals surface area contributed by atoms with E-state index in [0.717, 1.165) is 6.07 Å². The van der Waals surface area contributed by atoms with Gasteiger partial charge in [0.15, 0.2) is 6.61 Å². The van der Waals surface area contributed by atoms with Crippen LogP contribution in [0.15, 0.2) is 53.7 Å². The Morgan fingerprint density at radius 1 is 1.21 bits per heavy atom. The minimum absolute atomic E-state index is 0.405. The Morgan fingerprint density at radius 3 is 2.75 bits per heavy atom. The first kappa shape index (κ1) is 19.7. The van der Waals surface area contributed by atoms with E-state index in [2.05, 4.69) is 20.8 Å². The van der Waals surface area contributed by atoms with Crippen LogP contribution in [0, 0.1) is 0 Å². The summed E-state index contributed by atoms with van der Waals surface area (Å²) in [6.07, 6.45) is -2.74. The molecule has 0 unspecified atom stereocenters. The molecule has 0 aliphatic heterocycles. The Bertz CT molecular complexity index is 977. The number of para-hydroxylation sites is 1. The van der Waals surface area contributed by atoms with Crippen molar-refractivity contribution in [3.63, 3.8) is 0 Å². The molecular weight excluding hydrogens is 395 g/mol. The fraction of sp³-hybridized carbons (Fsp3) is 0.176. The fourth-order valence-corrected chi connectivity index (χ4v) is 2.78. The molecule has 1 aromatic heterocycles. The summed E-state index contributed by atoms with van der Waals surface area (Å²) in [4.78, 5) is 12.1. The van der Waals surface area contributed by atoms with Crippen LogP contribution in [0.4, 0.5) is 18.9 Å². The van der Waals surface area contributed by atoms with Crippen LogP contribution < -0.4 is 10.1 Å². The summed E-state index contributed by atoms with van der Waals surface area (Å²) in [5.74, 6) is -1.01. The molecule has 0 atom stereocenters. The number of anilines is 1. The van der Waals surface area contributed by atoms with E-state index < -0.39 is 30.0 Å². The van der Waals surface area contributed by atoms with Gasteiger partial charge in [-0.25, -0.2) is 0 Å². The lowest BCUT2D eigenvalue weighted by Gasteiger charge is -2.13. The van der Waals surface area contributed by atoms with Gasteiger partial charge in [0.2, 0.25) is 5.16 Å². The summed E-state index contributed by atoms with van der Waals surface area (Å²) in [5, 5.41) is 14.5. The topological polar surface area (TPSA) is 81.9 Å². The number of carbonyl (C=O) groups excluding carboxylic acids is 1. The van der Waals surface area contributed by atoms with E-state index >= 15 is 0 Å². The van der Waals surface area contributed by atoms with E-state index in [-0.39, 0.29) is 0 Å². The lowest BCUT2D eigenvalue weighted by Crippen LogP contribution is -2.21. The number of hydrogen-bond acceptors (Lipinski definition) is 6. The number of benzene rings is 2. The lowest BCUT2D eigenvalue weighted by molar-refractivity contribution is -0.139. The van der Waals surface area contributed by atoms with Crippen molar-refractivity contribution < 1.29 is 22.7 Å². The number of rotatable bonds is 6. The number of aromatic nitrogens is 4. The summed E-state index contributed by atoms with van der Waals surface area (Å²) in [5.41, 5.74) is 0.112. The minimum atomic E-state index is -4.57. The SMILES string of the molecule is CSc1nnnn1-c1cccc(NC(=O)COc2ccccc2C(F)(F)F)c1. The van der Waals surface area contributed by atoms with E-state index in [1.54, 1.807) is 24.3 Å². The normalized spacial score (nSPS) is 11.3. The van der Waals surface area contributed by atoms with Crippen molar-refractivity contribution in [1.82, 2.24) is 20.2 Å². The largest absolute Gasteiger partial charge is 0.483 e. The van der Waals surface area contributed by atoms with Gasteiger partial charge in [0.25, 0.3) is 5.91 Å². The second-order valence-corrected chi connectivity index (χ2v) is 6.23. The number of halogens is 3. The number of alkyl halides is 3. The molecule has 1 amide bonds. The third-order valence-corrected chi connectivity index (χ3v) is 4.17. The zero-order valence-electron chi connectivity index (χ0n) is 14.5. The van der Waals surface area contributed by atoms with Crippen molar-refractivity contribution in [2.45, 2.75) is 11.3 Å². The van der Waals surface area contributed by atoms with Crippen molar-refractivity contribution in [3.8, 4) is 11.4 Å². The molecule has 0 aliphatic carbocycles. The smallest absolute Gasteiger partial charge is 0.419 e. The summed E-state index contributed by atoms with van der Waals surface area (Å²) in [6.45, 7) is -0.571. The Morgan fingerprint density at radius 2 is 2.00 bits per heavy atom. The van der Waals surface area contributed by atoms with E-state index in [0.29, 0.717) is 16.5 Å². The zero-order valence-corrected chi connectivity index (χ0v) is 15.3. The van der Waals surface area contributed by atoms with Crippen LogP contribution in [0.25, 0.3) is 5.69 Å². The quantitative estimate of drug-likeness (QED) is 0.629. The maximum atomic E-state index is 13.0. The standard InChI is InChI=1S/C17H14F3N5O2S/c1-28-16-22-23-24-25(16)12-6-4-5-11(9-12)21-15(26)10-27-14-8-3-2-7-13(14)17(18,19)20/h2-9H,10H2,1H3,(H,21,26). The predicted molar refractivity (Wildman–Crippen MR) is 96.5 cm³/mol. The maximum Gasteiger partial charge on any atom is 0.419 e. The molecule has 0 aliphatic rings. The number of carbonyl (C=O) groups is 1. The fourth-order valence-electron chi connectivity index (χ4n) is 2.35. The number of nitrogens with one attached hydrogen (secondary N) is 1. The second kappa shape index (κ2) is 8.30. The van der Waals surface area contributed by atoms with Gasteiger partial charge in [-0.05, 0) is 47.0 Å². The first-order chi connectivity index (χ1) is 13.4. The third-order valence-electron chi connectivity index (χ3n) is 3.55. The highest BCUT2D eigenvalue weighted by molar-refractivity contribution is 7.98. The monoisotopic (exact) mass is 409 g/mol. The van der Waals surface area contributed by atoms with Gasteiger partial charge in [0.1, 0.15) is 5.75 Å². The molecule has 28 heavy (non-hydrogen) atoms. The first-order valence-electron chi connectivity index (χ1n) is 7.90. The minimum Gasteiger partial charge on any atom is -0.483 e. The van der Waals surface area contributed by atoms with E-state index in [1.807, 2.05) is 6.26 Å². The molecule has 0 saturated heterocycles. The Labute approximate surface area is 161 Å². The summed E-state index contributed by atoms with van der Waals surface area (Å²) in [7, 11) is 0. The molecule has 3 rings (SSSR count). The molecular formula is C17H14F3N5O2S. The van der Waals surface area contributed by atoms with Gasteiger partial charge in [-0.3, -0.25) is 4.79 Å². The molecule has 1 heterocycles. The molecule has 146 valence electrons. The van der Waals surface area contributed by atoms with Crippen molar-refractivity contribution in [2.75, 3.05) is 18.2 Å². The van der Waals surface area contributed by atoms with Crippen LogP contribution in [0.1, 0.15) is 5.56 Å². The molecule has 3 aromatic rings. The average molecular weight is 409 g/mol. The average Bonchev–Trinajstić information content (AvgIpc) is 3.15. The highest BCUT2D eigenvalue weighted by Crippen LogP contribution is 2.35. The number of amides is 1. The number of nitrogens with zero attached hydrogens (tertiary/aromatic N) is 4. The second-order valence-electron chi connectivity index (χ2n) is 5.46. The molecule has 2 aromatic carbocycles. The maximum absolute atomic E-state index is 13.0. The molecule has 1 N–H and O–H groups in total. The highest BCUT2D eigenvalue weighted by atomic mass is 32.2. The van der Waals surface area contributed by atoms with Gasteiger partial charge in [-0.2, -0.15) is 17.9 Å². The predicted octanol–water partition coefficient (Wildman–Crippen LogP) is 3.42. The van der Waals surface area contributed by atoms with Crippen LogP contribution in [0.2, 0.25) is 0 Å². The number of hydrogen-bond donors (Lipinski definition) is 1. The highest BCUT2D eigenvalue weighted by Gasteiger charge is 2.34. The molecule has 0 bridgehead atoms. The van der Waals surface area contributed by atoms with Crippen molar-refractivity contribution in [2.24, 2.45) is 0 Å². The van der Waals surface area contributed by atoms with Gasteiger partial charge in [0, 0.05) is 5.69 Å². The first-order valence-corrected chi connectivity index (χ1v) is 9.12.